The number of aryl methyl sites for hydroxylation is 1. The molecule has 1 aromatic heterocycles. The standard InChI is InChI=1S/C19H23NOS/c1-2-18-17-10-4-3-7-15(17)12-13-20(18)19(21)11-5-8-16-9-6-14-22-16/h3-4,6-7,9-10,14,18H,2,5,8,11-13H2,1H3/t18-/m1/s1. The second kappa shape index (κ2) is 7.10. The van der Waals surface area contributed by atoms with Gasteiger partial charge in [0.2, 0.25) is 5.91 Å². The summed E-state index contributed by atoms with van der Waals surface area (Å²) in [5.41, 5.74) is 2.76. The second-order valence-corrected chi connectivity index (χ2v) is 6.93. The van der Waals surface area contributed by atoms with Gasteiger partial charge in [0.05, 0.1) is 6.04 Å². The van der Waals surface area contributed by atoms with Crippen molar-refractivity contribution in [2.75, 3.05) is 6.54 Å². The van der Waals surface area contributed by atoms with Gasteiger partial charge in [-0.25, -0.2) is 0 Å². The highest BCUT2D eigenvalue weighted by atomic mass is 32.1. The molecule has 0 unspecified atom stereocenters. The maximum absolute atomic E-state index is 12.6. The molecule has 1 aliphatic heterocycles. The van der Waals surface area contributed by atoms with Crippen LogP contribution in [0.3, 0.4) is 0 Å². The zero-order chi connectivity index (χ0) is 15.4. The van der Waals surface area contributed by atoms with Gasteiger partial charge >= 0.3 is 0 Å². The Bertz CT molecular complexity index is 620. The van der Waals surface area contributed by atoms with Crippen LogP contribution in [0.15, 0.2) is 41.8 Å². The summed E-state index contributed by atoms with van der Waals surface area (Å²) in [6.45, 7) is 3.05. The van der Waals surface area contributed by atoms with E-state index in [1.807, 2.05) is 0 Å². The molecular weight excluding hydrogens is 290 g/mol. The smallest absolute Gasteiger partial charge is 0.223 e. The minimum absolute atomic E-state index is 0.263. The first-order valence-electron chi connectivity index (χ1n) is 8.19. The van der Waals surface area contributed by atoms with Crippen molar-refractivity contribution in [3.05, 3.63) is 57.8 Å². The number of thiophene rings is 1. The first-order valence-corrected chi connectivity index (χ1v) is 9.07. The zero-order valence-electron chi connectivity index (χ0n) is 13.1. The van der Waals surface area contributed by atoms with Crippen molar-refractivity contribution in [2.45, 2.75) is 45.1 Å². The van der Waals surface area contributed by atoms with Crippen molar-refractivity contribution in [3.8, 4) is 0 Å². The lowest BCUT2D eigenvalue weighted by atomic mass is 9.91. The summed E-state index contributed by atoms with van der Waals surface area (Å²) in [6, 6.07) is 13.1. The van der Waals surface area contributed by atoms with E-state index in [1.165, 1.54) is 16.0 Å². The molecule has 22 heavy (non-hydrogen) atoms. The van der Waals surface area contributed by atoms with Crippen molar-refractivity contribution >= 4 is 17.2 Å². The van der Waals surface area contributed by atoms with E-state index in [4.69, 9.17) is 0 Å². The maximum Gasteiger partial charge on any atom is 0.223 e. The summed E-state index contributed by atoms with van der Waals surface area (Å²) in [5, 5.41) is 2.10. The van der Waals surface area contributed by atoms with Crippen molar-refractivity contribution in [2.24, 2.45) is 0 Å². The van der Waals surface area contributed by atoms with Gasteiger partial charge in [-0.05, 0) is 48.3 Å². The van der Waals surface area contributed by atoms with Crippen LogP contribution in [0.4, 0.5) is 0 Å². The van der Waals surface area contributed by atoms with Crippen LogP contribution in [0, 0.1) is 0 Å². The number of benzene rings is 1. The molecule has 1 amide bonds. The molecular formula is C19H23NOS. The summed E-state index contributed by atoms with van der Waals surface area (Å²) in [7, 11) is 0. The molecule has 0 radical (unpaired) electrons. The van der Waals surface area contributed by atoms with Crippen LogP contribution in [0.1, 0.15) is 48.2 Å². The van der Waals surface area contributed by atoms with Gasteiger partial charge < -0.3 is 4.90 Å². The molecule has 0 fully saturated rings. The Hall–Kier alpha value is -1.61. The fraction of sp³-hybridized carbons (Fsp3) is 0.421. The molecule has 3 heteroatoms. The molecule has 2 heterocycles. The normalized spacial score (nSPS) is 17.3. The molecule has 0 bridgehead atoms. The summed E-state index contributed by atoms with van der Waals surface area (Å²) in [5.74, 6) is 0.318. The molecule has 0 spiro atoms. The second-order valence-electron chi connectivity index (χ2n) is 5.89. The number of hydrogen-bond acceptors (Lipinski definition) is 2. The fourth-order valence-electron chi connectivity index (χ4n) is 3.40. The predicted octanol–water partition coefficient (Wildman–Crippen LogP) is 4.61. The number of rotatable bonds is 5. The van der Waals surface area contributed by atoms with Gasteiger partial charge in [0.1, 0.15) is 0 Å². The minimum Gasteiger partial charge on any atom is -0.335 e. The summed E-state index contributed by atoms with van der Waals surface area (Å²) in [6.07, 6.45) is 4.62. The van der Waals surface area contributed by atoms with E-state index in [9.17, 15) is 4.79 Å². The molecule has 0 N–H and O–H groups in total. The van der Waals surface area contributed by atoms with Gasteiger partial charge in [-0.1, -0.05) is 37.3 Å². The molecule has 1 aromatic carbocycles. The van der Waals surface area contributed by atoms with Crippen LogP contribution in [0.2, 0.25) is 0 Å². The third-order valence-electron chi connectivity index (χ3n) is 4.51. The Balaban J connectivity index is 1.62. The number of carbonyl (C=O) groups excluding carboxylic acids is 1. The van der Waals surface area contributed by atoms with Crippen molar-refractivity contribution in [1.29, 1.82) is 0 Å². The summed E-state index contributed by atoms with van der Waals surface area (Å²) >= 11 is 1.78. The van der Waals surface area contributed by atoms with E-state index in [-0.39, 0.29) is 6.04 Å². The molecule has 1 atom stereocenters. The minimum atomic E-state index is 0.263. The van der Waals surface area contributed by atoms with Crippen LogP contribution in [0.5, 0.6) is 0 Å². The molecule has 1 aliphatic rings. The highest BCUT2D eigenvalue weighted by molar-refractivity contribution is 7.09. The van der Waals surface area contributed by atoms with Crippen molar-refractivity contribution in [3.63, 3.8) is 0 Å². The van der Waals surface area contributed by atoms with Gasteiger partial charge in [0.15, 0.2) is 0 Å². The Kier molecular flexibility index (Phi) is 4.94. The van der Waals surface area contributed by atoms with Gasteiger partial charge in [0, 0.05) is 17.8 Å². The van der Waals surface area contributed by atoms with Crippen LogP contribution < -0.4 is 0 Å². The molecule has 116 valence electrons. The molecule has 3 rings (SSSR count). The maximum atomic E-state index is 12.6. The number of carbonyl (C=O) groups is 1. The number of hydrogen-bond donors (Lipinski definition) is 0. The summed E-state index contributed by atoms with van der Waals surface area (Å²) in [4.78, 5) is 16.1. The highest BCUT2D eigenvalue weighted by Gasteiger charge is 2.28. The van der Waals surface area contributed by atoms with Crippen molar-refractivity contribution in [1.82, 2.24) is 4.90 Å². The monoisotopic (exact) mass is 313 g/mol. The number of fused-ring (bicyclic) bond motifs is 1. The van der Waals surface area contributed by atoms with E-state index >= 15 is 0 Å². The fourth-order valence-corrected chi connectivity index (χ4v) is 4.15. The average molecular weight is 313 g/mol. The van der Waals surface area contributed by atoms with Gasteiger partial charge in [-0.15, -0.1) is 11.3 Å². The van der Waals surface area contributed by atoms with Crippen LogP contribution in [-0.4, -0.2) is 17.4 Å². The first kappa shape index (κ1) is 15.3. The first-order chi connectivity index (χ1) is 10.8. The summed E-state index contributed by atoms with van der Waals surface area (Å²) < 4.78 is 0. The topological polar surface area (TPSA) is 20.3 Å². The molecule has 0 saturated heterocycles. The van der Waals surface area contributed by atoms with Gasteiger partial charge in [-0.3, -0.25) is 4.79 Å². The van der Waals surface area contributed by atoms with E-state index in [0.717, 1.165) is 32.2 Å². The molecule has 0 aliphatic carbocycles. The lowest BCUT2D eigenvalue weighted by Gasteiger charge is -2.37. The van der Waals surface area contributed by atoms with E-state index in [0.29, 0.717) is 12.3 Å². The van der Waals surface area contributed by atoms with Gasteiger partial charge in [-0.2, -0.15) is 0 Å². The van der Waals surface area contributed by atoms with E-state index in [2.05, 4.69) is 53.6 Å². The Morgan fingerprint density at radius 2 is 2.14 bits per heavy atom. The van der Waals surface area contributed by atoms with Crippen molar-refractivity contribution < 1.29 is 4.79 Å². The number of nitrogens with zero attached hydrogens (tertiary/aromatic N) is 1. The lowest BCUT2D eigenvalue weighted by Crippen LogP contribution is -2.39. The van der Waals surface area contributed by atoms with Crippen LogP contribution in [0.25, 0.3) is 0 Å². The molecule has 0 saturated carbocycles. The van der Waals surface area contributed by atoms with E-state index < -0.39 is 0 Å². The quantitative estimate of drug-likeness (QED) is 0.789. The Labute approximate surface area is 136 Å². The third-order valence-corrected chi connectivity index (χ3v) is 5.45. The predicted molar refractivity (Wildman–Crippen MR) is 92.1 cm³/mol. The Morgan fingerprint density at radius 3 is 2.91 bits per heavy atom. The molecule has 2 aromatic rings. The third kappa shape index (κ3) is 3.25. The number of amides is 1. The SMILES string of the molecule is CC[C@@H]1c2ccccc2CCN1C(=O)CCCc1cccs1. The zero-order valence-corrected chi connectivity index (χ0v) is 13.9. The average Bonchev–Trinajstić information content (AvgIpc) is 3.07. The highest BCUT2D eigenvalue weighted by Crippen LogP contribution is 2.32. The van der Waals surface area contributed by atoms with Crippen LogP contribution in [-0.2, 0) is 17.6 Å². The van der Waals surface area contributed by atoms with Crippen LogP contribution >= 0.6 is 11.3 Å². The lowest BCUT2D eigenvalue weighted by molar-refractivity contribution is -0.134. The molecule has 2 nitrogen and oxygen atoms in total. The van der Waals surface area contributed by atoms with Gasteiger partial charge in [0.25, 0.3) is 0 Å². The Morgan fingerprint density at radius 1 is 1.27 bits per heavy atom. The largest absolute Gasteiger partial charge is 0.335 e. The van der Waals surface area contributed by atoms with E-state index in [1.54, 1.807) is 11.3 Å².